The molecule has 2 aromatic rings. The molecule has 0 aromatic carbocycles. The van der Waals surface area contributed by atoms with E-state index in [1.54, 1.807) is 17.8 Å². The minimum Gasteiger partial charge on any atom is -0.381 e. The number of rotatable bonds is 4. The molecule has 25 heavy (non-hydrogen) atoms. The van der Waals surface area contributed by atoms with E-state index in [-0.39, 0.29) is 12.5 Å². The van der Waals surface area contributed by atoms with Crippen molar-refractivity contribution < 1.29 is 14.3 Å². The Bertz CT molecular complexity index is 836. The number of pyridine rings is 1. The lowest BCUT2D eigenvalue weighted by Gasteiger charge is -2.34. The first-order valence-corrected chi connectivity index (χ1v) is 8.31. The van der Waals surface area contributed by atoms with Crippen LogP contribution in [0.15, 0.2) is 6.07 Å². The van der Waals surface area contributed by atoms with Crippen molar-refractivity contribution in [1.29, 1.82) is 0 Å². The molecule has 2 aromatic heterocycles. The summed E-state index contributed by atoms with van der Waals surface area (Å²) >= 11 is 0. The molecule has 0 atom stereocenters. The second kappa shape index (κ2) is 6.44. The molecule has 1 aliphatic rings. The maximum absolute atomic E-state index is 12.8. The number of nitrogens with two attached hydrogens (primary N) is 1. The predicted molar refractivity (Wildman–Crippen MR) is 92.0 cm³/mol. The van der Waals surface area contributed by atoms with Crippen LogP contribution in [0.25, 0.3) is 11.0 Å². The van der Waals surface area contributed by atoms with Crippen LogP contribution in [0.2, 0.25) is 0 Å². The van der Waals surface area contributed by atoms with Gasteiger partial charge in [-0.05, 0) is 32.8 Å². The number of aryl methyl sites for hydroxylation is 3. The lowest BCUT2D eigenvalue weighted by molar-refractivity contribution is -0.132. The van der Waals surface area contributed by atoms with Gasteiger partial charge in [0.15, 0.2) is 5.65 Å². The van der Waals surface area contributed by atoms with Crippen molar-refractivity contribution in [2.45, 2.75) is 26.7 Å². The fourth-order valence-corrected chi connectivity index (χ4v) is 3.37. The van der Waals surface area contributed by atoms with Crippen molar-refractivity contribution in [3.63, 3.8) is 0 Å². The summed E-state index contributed by atoms with van der Waals surface area (Å²) in [6.45, 7) is 4.83. The highest BCUT2D eigenvalue weighted by atomic mass is 16.5. The summed E-state index contributed by atoms with van der Waals surface area (Å²) in [5.41, 5.74) is 7.50. The van der Waals surface area contributed by atoms with E-state index in [0.717, 1.165) is 16.8 Å². The summed E-state index contributed by atoms with van der Waals surface area (Å²) in [6.07, 6.45) is 1.03. The van der Waals surface area contributed by atoms with Crippen LogP contribution in [0.5, 0.6) is 0 Å². The number of hydrogen-bond acceptors (Lipinski definition) is 5. The molecule has 0 radical (unpaired) electrons. The van der Waals surface area contributed by atoms with Gasteiger partial charge in [-0.15, -0.1) is 0 Å². The highest BCUT2D eigenvalue weighted by Crippen LogP contribution is 2.30. The van der Waals surface area contributed by atoms with Crippen LogP contribution < -0.4 is 11.1 Å². The van der Waals surface area contributed by atoms with Gasteiger partial charge in [0.05, 0.1) is 22.1 Å². The Kier molecular flexibility index (Phi) is 4.47. The molecule has 2 amide bonds. The molecule has 0 unspecified atom stereocenters. The summed E-state index contributed by atoms with van der Waals surface area (Å²) in [5, 5.41) is 7.96. The predicted octanol–water partition coefficient (Wildman–Crippen LogP) is 0.597. The van der Waals surface area contributed by atoms with Crippen molar-refractivity contribution >= 4 is 22.8 Å². The van der Waals surface area contributed by atoms with Gasteiger partial charge < -0.3 is 15.8 Å². The van der Waals surface area contributed by atoms with E-state index in [1.165, 1.54) is 0 Å². The van der Waals surface area contributed by atoms with Gasteiger partial charge in [0, 0.05) is 32.5 Å². The van der Waals surface area contributed by atoms with Crippen LogP contribution in [0.4, 0.5) is 0 Å². The molecule has 0 aliphatic carbocycles. The number of nitrogens with zero attached hydrogens (tertiary/aromatic N) is 3. The van der Waals surface area contributed by atoms with Gasteiger partial charge in [-0.1, -0.05) is 0 Å². The van der Waals surface area contributed by atoms with Crippen LogP contribution >= 0.6 is 0 Å². The van der Waals surface area contributed by atoms with Gasteiger partial charge in [-0.2, -0.15) is 5.10 Å². The number of carbonyl (C=O) groups excluding carboxylic acids is 2. The van der Waals surface area contributed by atoms with Gasteiger partial charge in [0.2, 0.25) is 5.91 Å². The average molecular weight is 345 g/mol. The monoisotopic (exact) mass is 345 g/mol. The number of fused-ring (bicyclic) bond motifs is 1. The zero-order valence-electron chi connectivity index (χ0n) is 14.8. The number of carbonyl (C=O) groups is 2. The number of ether oxygens (including phenoxy) is 1. The van der Waals surface area contributed by atoms with Gasteiger partial charge >= 0.3 is 0 Å². The molecule has 0 bridgehead atoms. The number of primary amides is 1. The van der Waals surface area contributed by atoms with E-state index in [2.05, 4.69) is 15.4 Å². The normalized spacial score (nSPS) is 16.8. The van der Waals surface area contributed by atoms with Gasteiger partial charge in [-0.3, -0.25) is 14.3 Å². The second-order valence-corrected chi connectivity index (χ2v) is 6.66. The lowest BCUT2D eigenvalue weighted by atomic mass is 9.79. The fourth-order valence-electron chi connectivity index (χ4n) is 3.37. The van der Waals surface area contributed by atoms with Gasteiger partial charge in [0.1, 0.15) is 0 Å². The first-order valence-electron chi connectivity index (χ1n) is 8.31. The first-order chi connectivity index (χ1) is 11.8. The average Bonchev–Trinajstić information content (AvgIpc) is 2.86. The number of amides is 2. The molecule has 134 valence electrons. The van der Waals surface area contributed by atoms with Crippen molar-refractivity contribution in [1.82, 2.24) is 20.1 Å². The molecule has 3 N–H and O–H groups in total. The van der Waals surface area contributed by atoms with Gasteiger partial charge in [0.25, 0.3) is 5.91 Å². The van der Waals surface area contributed by atoms with Crippen molar-refractivity contribution in [3.05, 3.63) is 23.0 Å². The Hall–Kier alpha value is -2.48. The Labute approximate surface area is 145 Å². The van der Waals surface area contributed by atoms with Crippen LogP contribution in [-0.2, 0) is 16.6 Å². The molecular weight excluding hydrogens is 322 g/mol. The summed E-state index contributed by atoms with van der Waals surface area (Å²) in [5.74, 6) is -0.650. The fraction of sp³-hybridized carbons (Fsp3) is 0.529. The Balaban J connectivity index is 1.89. The topological polar surface area (TPSA) is 112 Å². The molecule has 3 heterocycles. The molecule has 8 heteroatoms. The zero-order valence-corrected chi connectivity index (χ0v) is 14.8. The molecular formula is C17H23N5O3. The third-order valence-electron chi connectivity index (χ3n) is 4.90. The van der Waals surface area contributed by atoms with E-state index < -0.39 is 11.3 Å². The Morgan fingerprint density at radius 2 is 2.04 bits per heavy atom. The standard InChI is InChI=1S/C17H23N5O3/c1-10-8-12(13-11(2)21-22(3)14(13)20-10)15(23)19-9-17(16(18)24)4-6-25-7-5-17/h8H,4-7,9H2,1-3H3,(H2,18,24)(H,19,23). The minimum atomic E-state index is -0.751. The van der Waals surface area contributed by atoms with Crippen molar-refractivity contribution in [3.8, 4) is 0 Å². The van der Waals surface area contributed by atoms with Crippen molar-refractivity contribution in [2.75, 3.05) is 19.8 Å². The maximum Gasteiger partial charge on any atom is 0.252 e. The lowest BCUT2D eigenvalue weighted by Crippen LogP contribution is -2.49. The highest BCUT2D eigenvalue weighted by molar-refractivity contribution is 6.06. The van der Waals surface area contributed by atoms with E-state index in [4.69, 9.17) is 10.5 Å². The quantitative estimate of drug-likeness (QED) is 0.842. The van der Waals surface area contributed by atoms with Crippen molar-refractivity contribution in [2.24, 2.45) is 18.2 Å². The second-order valence-electron chi connectivity index (χ2n) is 6.66. The molecule has 1 fully saturated rings. The highest BCUT2D eigenvalue weighted by Gasteiger charge is 2.38. The zero-order chi connectivity index (χ0) is 18.2. The smallest absolute Gasteiger partial charge is 0.252 e. The van der Waals surface area contributed by atoms with Crippen LogP contribution in [0, 0.1) is 19.3 Å². The largest absolute Gasteiger partial charge is 0.381 e. The van der Waals surface area contributed by atoms with Crippen LogP contribution in [0.3, 0.4) is 0 Å². The molecule has 1 saturated heterocycles. The number of nitrogens with one attached hydrogen (secondary N) is 1. The van der Waals surface area contributed by atoms with E-state index in [1.807, 2.05) is 13.8 Å². The van der Waals surface area contributed by atoms with Crippen LogP contribution in [0.1, 0.15) is 34.6 Å². The first kappa shape index (κ1) is 17.3. The summed E-state index contributed by atoms with van der Waals surface area (Å²) < 4.78 is 6.98. The molecule has 0 saturated carbocycles. The van der Waals surface area contributed by atoms with E-state index >= 15 is 0 Å². The third kappa shape index (κ3) is 3.09. The minimum absolute atomic E-state index is 0.201. The van der Waals surface area contributed by atoms with Gasteiger partial charge in [-0.25, -0.2) is 4.98 Å². The number of aromatic nitrogens is 3. The van der Waals surface area contributed by atoms with E-state index in [0.29, 0.717) is 37.3 Å². The molecule has 0 spiro atoms. The Morgan fingerprint density at radius 1 is 1.36 bits per heavy atom. The number of hydrogen-bond donors (Lipinski definition) is 2. The summed E-state index contributed by atoms with van der Waals surface area (Å²) in [6, 6.07) is 1.74. The molecule has 8 nitrogen and oxygen atoms in total. The molecule has 3 rings (SSSR count). The van der Waals surface area contributed by atoms with E-state index in [9.17, 15) is 9.59 Å². The Morgan fingerprint density at radius 3 is 2.68 bits per heavy atom. The maximum atomic E-state index is 12.8. The van der Waals surface area contributed by atoms with Crippen LogP contribution in [-0.4, -0.2) is 46.3 Å². The summed E-state index contributed by atoms with van der Waals surface area (Å²) in [4.78, 5) is 29.2. The summed E-state index contributed by atoms with van der Waals surface area (Å²) in [7, 11) is 1.80. The molecule has 1 aliphatic heterocycles. The third-order valence-corrected chi connectivity index (χ3v) is 4.90. The SMILES string of the molecule is Cc1cc(C(=O)NCC2(C(N)=O)CCOCC2)c2c(C)nn(C)c2n1.